The second-order valence-electron chi connectivity index (χ2n) is 7.98. The number of nitrogens with zero attached hydrogens (tertiary/aromatic N) is 1. The van der Waals surface area contributed by atoms with Crippen molar-refractivity contribution in [3.63, 3.8) is 0 Å². The number of carbonyl (C=O) groups excluding carboxylic acids is 1. The maximum atomic E-state index is 12.7. The van der Waals surface area contributed by atoms with E-state index in [1.165, 1.54) is 13.2 Å². The van der Waals surface area contributed by atoms with E-state index in [0.29, 0.717) is 41.7 Å². The number of methoxy groups -OCH3 is 1. The largest absolute Gasteiger partial charge is 0.493 e. The van der Waals surface area contributed by atoms with Crippen LogP contribution >= 0.6 is 34.2 Å². The van der Waals surface area contributed by atoms with Crippen LogP contribution in [0.15, 0.2) is 72.4 Å². The number of rotatable bonds is 9. The smallest absolute Gasteiger partial charge is 0.261 e. The highest BCUT2D eigenvalue weighted by Crippen LogP contribution is 2.37. The number of hydrogen-bond donors (Lipinski definition) is 2. The molecule has 1 heterocycles. The first-order valence-corrected chi connectivity index (χ1v) is 12.6. The van der Waals surface area contributed by atoms with Crippen LogP contribution in [0.2, 0.25) is 5.02 Å². The fraction of sp³-hybridized carbons (Fsp3) is 0.143. The molecule has 0 unspecified atom stereocenters. The minimum absolute atomic E-state index is 0.0281. The van der Waals surface area contributed by atoms with Gasteiger partial charge in [0.2, 0.25) is 0 Å². The molecular weight excluding hydrogens is 589 g/mol. The number of nitrogens with one attached hydrogen (secondary N) is 2. The van der Waals surface area contributed by atoms with Crippen molar-refractivity contribution in [2.75, 3.05) is 13.7 Å². The van der Waals surface area contributed by atoms with Crippen LogP contribution in [0.1, 0.15) is 16.7 Å². The van der Waals surface area contributed by atoms with Gasteiger partial charge in [0.25, 0.3) is 5.91 Å². The van der Waals surface area contributed by atoms with E-state index in [1.807, 2.05) is 60.8 Å². The lowest BCUT2D eigenvalue weighted by molar-refractivity contribution is -0.117. The summed E-state index contributed by atoms with van der Waals surface area (Å²) in [5, 5.41) is 13.9. The van der Waals surface area contributed by atoms with Gasteiger partial charge in [-0.15, -0.1) is 0 Å². The van der Waals surface area contributed by atoms with E-state index < -0.39 is 5.91 Å². The Kier molecular flexibility index (Phi) is 8.52. The molecule has 0 aliphatic carbocycles. The first-order valence-electron chi connectivity index (χ1n) is 11.2. The molecule has 0 fully saturated rings. The van der Waals surface area contributed by atoms with Crippen molar-refractivity contribution < 1.29 is 14.3 Å². The molecule has 4 rings (SSSR count). The molecule has 182 valence electrons. The average Bonchev–Trinajstić information content (AvgIpc) is 3.30. The third-order valence-electron chi connectivity index (χ3n) is 5.58. The number of fused-ring (bicyclic) bond motifs is 1. The number of H-pyrrole nitrogens is 1. The summed E-state index contributed by atoms with van der Waals surface area (Å²) in [6, 6.07) is 21.3. The molecular formula is C28H23ClIN3O3. The number of para-hydroxylation sites is 1. The van der Waals surface area contributed by atoms with Gasteiger partial charge in [0.05, 0.1) is 12.1 Å². The van der Waals surface area contributed by atoms with Crippen molar-refractivity contribution in [2.45, 2.75) is 13.0 Å². The molecule has 0 atom stereocenters. The highest BCUT2D eigenvalue weighted by molar-refractivity contribution is 14.1. The topological polar surface area (TPSA) is 87.1 Å². The van der Waals surface area contributed by atoms with Gasteiger partial charge in [0.15, 0.2) is 11.5 Å². The van der Waals surface area contributed by atoms with Crippen LogP contribution in [0.5, 0.6) is 11.5 Å². The van der Waals surface area contributed by atoms with E-state index in [2.05, 4.69) is 32.9 Å². The van der Waals surface area contributed by atoms with E-state index in [9.17, 15) is 10.1 Å². The summed E-state index contributed by atoms with van der Waals surface area (Å²) in [4.78, 5) is 15.9. The normalized spacial score (nSPS) is 11.2. The first-order chi connectivity index (χ1) is 17.5. The van der Waals surface area contributed by atoms with Crippen molar-refractivity contribution in [3.8, 4) is 17.6 Å². The zero-order valence-electron chi connectivity index (χ0n) is 19.5. The third-order valence-corrected chi connectivity index (χ3v) is 6.58. The van der Waals surface area contributed by atoms with Crippen LogP contribution in [0, 0.1) is 14.9 Å². The van der Waals surface area contributed by atoms with Gasteiger partial charge in [0.1, 0.15) is 18.2 Å². The SMILES string of the molecule is COc1cc(/C=C(/C#N)C(=O)NCCc2c[nH]c3ccccc23)cc(Cl)c1OCc1ccc(I)cc1. The Hall–Kier alpha value is -3.48. The summed E-state index contributed by atoms with van der Waals surface area (Å²) in [5.74, 6) is 0.360. The number of ether oxygens (including phenoxy) is 2. The molecule has 0 aliphatic rings. The summed E-state index contributed by atoms with van der Waals surface area (Å²) < 4.78 is 12.5. The molecule has 0 bridgehead atoms. The molecule has 36 heavy (non-hydrogen) atoms. The van der Waals surface area contributed by atoms with Gasteiger partial charge in [-0.1, -0.05) is 41.9 Å². The predicted molar refractivity (Wildman–Crippen MR) is 150 cm³/mol. The van der Waals surface area contributed by atoms with Crippen molar-refractivity contribution in [2.24, 2.45) is 0 Å². The molecule has 8 heteroatoms. The van der Waals surface area contributed by atoms with Crippen molar-refractivity contribution in [3.05, 3.63) is 97.7 Å². The molecule has 0 saturated heterocycles. The molecule has 0 spiro atoms. The van der Waals surface area contributed by atoms with Gasteiger partial charge < -0.3 is 19.8 Å². The summed E-state index contributed by atoms with van der Waals surface area (Å²) >= 11 is 8.72. The summed E-state index contributed by atoms with van der Waals surface area (Å²) in [5.41, 5.74) is 3.67. The van der Waals surface area contributed by atoms with Crippen LogP contribution in [0.4, 0.5) is 0 Å². The Morgan fingerprint density at radius 3 is 2.72 bits per heavy atom. The highest BCUT2D eigenvalue weighted by Gasteiger charge is 2.14. The molecule has 0 aliphatic heterocycles. The van der Waals surface area contributed by atoms with Crippen molar-refractivity contribution >= 4 is 57.1 Å². The van der Waals surface area contributed by atoms with Crippen LogP contribution in [-0.2, 0) is 17.8 Å². The minimum Gasteiger partial charge on any atom is -0.493 e. The summed E-state index contributed by atoms with van der Waals surface area (Å²) in [6.45, 7) is 0.722. The standard InChI is InChI=1S/C28H23ClIN3O3/c1-35-26-14-19(13-24(29)27(26)36-17-18-6-8-22(30)9-7-18)12-21(15-31)28(34)32-11-10-20-16-33-25-5-3-2-4-23(20)25/h2-9,12-14,16,33H,10-11,17H2,1H3,(H,32,34)/b21-12-. The molecule has 1 aromatic heterocycles. The van der Waals surface area contributed by atoms with E-state index in [4.69, 9.17) is 21.1 Å². The Labute approximate surface area is 228 Å². The van der Waals surface area contributed by atoms with Gasteiger partial charge in [-0.3, -0.25) is 4.79 Å². The second kappa shape index (κ2) is 12.0. The van der Waals surface area contributed by atoms with Crippen LogP contribution in [0.25, 0.3) is 17.0 Å². The van der Waals surface area contributed by atoms with Gasteiger partial charge in [0, 0.05) is 27.2 Å². The van der Waals surface area contributed by atoms with Gasteiger partial charge in [-0.2, -0.15) is 5.26 Å². The number of carbonyl (C=O) groups is 1. The van der Waals surface area contributed by atoms with E-state index in [1.54, 1.807) is 12.1 Å². The molecule has 2 N–H and O–H groups in total. The van der Waals surface area contributed by atoms with Gasteiger partial charge >= 0.3 is 0 Å². The van der Waals surface area contributed by atoms with Crippen LogP contribution in [-0.4, -0.2) is 24.5 Å². The molecule has 3 aromatic carbocycles. The van der Waals surface area contributed by atoms with Gasteiger partial charge in [-0.05, 0) is 82.1 Å². The molecule has 1 amide bonds. The maximum absolute atomic E-state index is 12.7. The lowest BCUT2D eigenvalue weighted by Crippen LogP contribution is -2.26. The molecule has 0 saturated carbocycles. The lowest BCUT2D eigenvalue weighted by Gasteiger charge is -2.14. The lowest BCUT2D eigenvalue weighted by atomic mass is 10.1. The van der Waals surface area contributed by atoms with E-state index in [0.717, 1.165) is 25.6 Å². The number of benzene rings is 3. The third kappa shape index (κ3) is 6.20. The Morgan fingerprint density at radius 2 is 1.97 bits per heavy atom. The fourth-order valence-corrected chi connectivity index (χ4v) is 4.39. The Bertz CT molecular complexity index is 1460. The van der Waals surface area contributed by atoms with Crippen LogP contribution in [0.3, 0.4) is 0 Å². The minimum atomic E-state index is -0.452. The van der Waals surface area contributed by atoms with Crippen LogP contribution < -0.4 is 14.8 Å². The van der Waals surface area contributed by atoms with E-state index in [-0.39, 0.29) is 5.57 Å². The number of aromatic amines is 1. The average molecular weight is 612 g/mol. The Balaban J connectivity index is 1.43. The first kappa shape index (κ1) is 25.6. The molecule has 0 radical (unpaired) electrons. The Morgan fingerprint density at radius 1 is 1.19 bits per heavy atom. The number of hydrogen-bond acceptors (Lipinski definition) is 4. The zero-order chi connectivity index (χ0) is 25.5. The number of halogens is 2. The number of nitriles is 1. The number of aromatic nitrogens is 1. The van der Waals surface area contributed by atoms with E-state index >= 15 is 0 Å². The van der Waals surface area contributed by atoms with Gasteiger partial charge in [-0.25, -0.2) is 0 Å². The summed E-state index contributed by atoms with van der Waals surface area (Å²) in [7, 11) is 1.51. The maximum Gasteiger partial charge on any atom is 0.261 e. The zero-order valence-corrected chi connectivity index (χ0v) is 22.4. The molecule has 4 aromatic rings. The van der Waals surface area contributed by atoms with Crippen molar-refractivity contribution in [1.82, 2.24) is 10.3 Å². The highest BCUT2D eigenvalue weighted by atomic mass is 127. The second-order valence-corrected chi connectivity index (χ2v) is 9.64. The quantitative estimate of drug-likeness (QED) is 0.133. The summed E-state index contributed by atoms with van der Waals surface area (Å²) in [6.07, 6.45) is 4.06. The number of amides is 1. The van der Waals surface area contributed by atoms with Crippen molar-refractivity contribution in [1.29, 1.82) is 5.26 Å². The monoisotopic (exact) mass is 611 g/mol. The predicted octanol–water partition coefficient (Wildman–Crippen LogP) is 6.28. The fourth-order valence-electron chi connectivity index (χ4n) is 3.76. The molecule has 6 nitrogen and oxygen atoms in total.